The summed E-state index contributed by atoms with van der Waals surface area (Å²) in [6.07, 6.45) is 13.8. The van der Waals surface area contributed by atoms with Crippen molar-refractivity contribution in [2.24, 2.45) is 40.5 Å². The molecule has 32 N–H and O–H groups in total. The van der Waals surface area contributed by atoms with Crippen LogP contribution >= 0.6 is 0 Å². The number of nitrogens with one attached hydrogen (secondary N) is 19. The van der Waals surface area contributed by atoms with Gasteiger partial charge in [0, 0.05) is 57.2 Å². The number of phenols is 1. The number of carbonyl (C=O) groups is 14. The topological polar surface area (TPSA) is 710 Å². The lowest BCUT2D eigenvalue weighted by molar-refractivity contribution is -0.137. The number of benzene rings is 2. The minimum Gasteiger partial charge on any atom is -0.508 e. The number of hydrogen-bond donors (Lipinski definition) is 27. The highest BCUT2D eigenvalue weighted by Crippen LogP contribution is 2.18. The van der Waals surface area contributed by atoms with Crippen LogP contribution < -0.4 is 108 Å². The molecule has 702 valence electrons. The van der Waals surface area contributed by atoms with E-state index < -0.39 is 192 Å². The quantitative estimate of drug-likeness (QED) is 0.0166. The zero-order valence-corrected chi connectivity index (χ0v) is 73.6. The predicted molar refractivity (Wildman–Crippen MR) is 472 cm³/mol. The Labute approximate surface area is 736 Å². The average Bonchev–Trinajstić information content (AvgIpc) is 1.02. The Bertz CT molecular complexity index is 3950. The summed E-state index contributed by atoms with van der Waals surface area (Å²) in [6.45, 7) is 10.7. The molecule has 42 nitrogen and oxygen atoms in total. The van der Waals surface area contributed by atoms with Crippen molar-refractivity contribution in [1.82, 2.24) is 89.7 Å². The molecule has 3 rings (SSSR count). The summed E-state index contributed by atoms with van der Waals surface area (Å²) in [5.41, 5.74) is 28.4. The number of phenolic OH excluding ortho intramolecular Hbond substituents is 1. The summed E-state index contributed by atoms with van der Waals surface area (Å²) in [6, 6.07) is -4.50. The Balaban J connectivity index is 1.98. The lowest BCUT2D eigenvalue weighted by Crippen LogP contribution is -2.62. The molecule has 0 bridgehead atoms. The zero-order chi connectivity index (χ0) is 93.8. The molecule has 42 heteroatoms. The zero-order valence-electron chi connectivity index (χ0n) is 73.6. The van der Waals surface area contributed by atoms with Crippen LogP contribution in [0.1, 0.15) is 213 Å². The number of aliphatic hydroxyl groups excluding tert-OH is 2. The minimum absolute atomic E-state index is 0.0000645. The van der Waals surface area contributed by atoms with Crippen molar-refractivity contribution in [2.75, 3.05) is 26.2 Å². The monoisotopic (exact) mass is 1770 g/mol. The fourth-order valence-corrected chi connectivity index (χ4v) is 13.5. The average molecular weight is 1770 g/mol. The van der Waals surface area contributed by atoms with E-state index in [0.717, 1.165) is 32.6 Å². The summed E-state index contributed by atoms with van der Waals surface area (Å²) < 4.78 is 0. The number of primary amides is 2. The van der Waals surface area contributed by atoms with Gasteiger partial charge < -0.3 is 129 Å². The summed E-state index contributed by atoms with van der Waals surface area (Å²) in [4.78, 5) is 203. The van der Waals surface area contributed by atoms with E-state index in [1.807, 2.05) is 13.8 Å². The van der Waals surface area contributed by atoms with Crippen LogP contribution in [0.25, 0.3) is 0 Å². The molecule has 126 heavy (non-hydrogen) atoms. The second-order valence-electron chi connectivity index (χ2n) is 32.4. The van der Waals surface area contributed by atoms with E-state index >= 15 is 14.4 Å². The lowest BCUT2D eigenvalue weighted by Gasteiger charge is -2.29. The number of unbranched alkanes of at least 4 members (excludes halogenated alkanes) is 12. The molecule has 1 aromatic heterocycles. The van der Waals surface area contributed by atoms with Gasteiger partial charge >= 0.3 is 0 Å². The van der Waals surface area contributed by atoms with E-state index in [-0.39, 0.29) is 120 Å². The first-order valence-corrected chi connectivity index (χ1v) is 43.3. The number of nitrogens with two attached hydrogens (primary N) is 5. The van der Waals surface area contributed by atoms with Gasteiger partial charge in [0.2, 0.25) is 82.7 Å². The number of guanidine groups is 3. The number of aromatic nitrogens is 2. The van der Waals surface area contributed by atoms with Gasteiger partial charge in [-0.2, -0.15) is 0 Å². The molecule has 0 aliphatic rings. The Morgan fingerprint density at radius 3 is 1.18 bits per heavy atom. The van der Waals surface area contributed by atoms with Crippen LogP contribution in [0.4, 0.5) is 0 Å². The predicted octanol–water partition coefficient (Wildman–Crippen LogP) is -1.92. The molecule has 0 fully saturated rings. The van der Waals surface area contributed by atoms with Crippen molar-refractivity contribution in [2.45, 2.75) is 294 Å². The molecule has 0 spiro atoms. The minimum atomic E-state index is -1.94. The van der Waals surface area contributed by atoms with Crippen molar-refractivity contribution in [1.29, 1.82) is 16.2 Å². The third-order valence-corrected chi connectivity index (χ3v) is 20.3. The number of rotatable bonds is 64. The molecule has 0 aliphatic heterocycles. The third-order valence-electron chi connectivity index (χ3n) is 20.3. The fraction of sp³-hybridized carbons (Fsp3) is 0.619. The Kier molecular flexibility index (Phi) is 51.0. The van der Waals surface area contributed by atoms with Crippen molar-refractivity contribution >= 4 is 101 Å². The van der Waals surface area contributed by atoms with Gasteiger partial charge in [0.25, 0.3) is 0 Å². The molecule has 13 atom stereocenters. The molecule has 2 aromatic carbocycles. The van der Waals surface area contributed by atoms with E-state index in [2.05, 4.69) is 96.6 Å². The van der Waals surface area contributed by atoms with Crippen molar-refractivity contribution in [3.05, 3.63) is 83.9 Å². The van der Waals surface area contributed by atoms with E-state index in [0.29, 0.717) is 17.5 Å². The SMILES string of the molecule is CCCCCCCCCCCCCCCC(=O)NC(CC(C)C)C(=O)NC(C)C(=O)NC(Cc1ccc(O)cc1)C(=O)NC(Cc1ccccc1)C(=O)NC(CCCNC(=N)N)C(=O)NC(CCCNC(=N)N)C(=O)NC(CC(C)C)C(=O)NC(Cc1cnc[nH]1)C(=O)NC(CO)C(=O)NC(C(=O)NC(CCCNC(=N)N)C(=O)NC(CC(N)=O)C(N)=O)C(C)O. The molecule has 0 saturated carbocycles. The van der Waals surface area contributed by atoms with E-state index in [4.69, 9.17) is 44.9 Å². The maximum atomic E-state index is 15.1. The third kappa shape index (κ3) is 44.9. The van der Waals surface area contributed by atoms with Gasteiger partial charge in [-0.3, -0.25) is 83.4 Å². The van der Waals surface area contributed by atoms with E-state index in [1.165, 1.54) is 95.1 Å². The molecular formula is C84H139N25O17. The number of aromatic hydroxyl groups is 1. The largest absolute Gasteiger partial charge is 0.508 e. The summed E-state index contributed by atoms with van der Waals surface area (Å²) >= 11 is 0. The molecule has 3 aromatic rings. The lowest BCUT2D eigenvalue weighted by atomic mass is 10.0. The standard InChI is InChI=1S/C84H139N25O17/c1-8-9-10-11-12-13-14-15-16-17-18-19-23-32-68(114)99-61(40-49(2)3)75(120)98-51(6)71(116)104-63(43-54-33-35-56(112)36-34-54)78(123)106-64(42-53-27-21-20-22-28-53)77(122)101-57(29-24-37-94-82(87)88)72(117)100-58(30-25-38-95-83(89)90)74(119)105-62(41-50(4)5)76(121)107-65(44-55-46-93-48-97-55)79(124)108-66(47-110)80(125)109-69(52(7)111)81(126)102-59(31-26-39-96-84(91)92)73(118)103-60(70(86)115)45-67(85)113/h20-22,27-28,33-36,46,48-52,57-66,69,110-112H,8-19,23-26,29-32,37-45,47H2,1-7H3,(H2,85,113)(H2,86,115)(H,93,97)(H,98,120)(H,99,114)(H,100,117)(H,101,122)(H,102,126)(H,103,118)(H,104,116)(H,105,119)(H,106,123)(H,107,121)(H,108,124)(H,109,125)(H4,87,88,94)(H4,89,90,95)(H4,91,92,96). The summed E-state index contributed by atoms with van der Waals surface area (Å²) in [7, 11) is 0. The normalized spacial score (nSPS) is 14.2. The first kappa shape index (κ1) is 108. The van der Waals surface area contributed by atoms with Crippen LogP contribution in [-0.2, 0) is 86.4 Å². The molecular weight excluding hydrogens is 1630 g/mol. The Hall–Kier alpha value is -12.2. The van der Waals surface area contributed by atoms with Crippen molar-refractivity contribution in [3.8, 4) is 5.75 Å². The van der Waals surface area contributed by atoms with Gasteiger partial charge in [-0.1, -0.05) is 154 Å². The summed E-state index contributed by atoms with van der Waals surface area (Å²) in [5, 5.41) is 93.4. The first-order valence-electron chi connectivity index (χ1n) is 43.3. The van der Waals surface area contributed by atoms with Crippen LogP contribution in [0.3, 0.4) is 0 Å². The second kappa shape index (κ2) is 59.6. The van der Waals surface area contributed by atoms with Crippen molar-refractivity contribution in [3.63, 3.8) is 0 Å². The number of carbonyl (C=O) groups excluding carboxylic acids is 14. The van der Waals surface area contributed by atoms with Crippen molar-refractivity contribution < 1.29 is 82.4 Å². The highest BCUT2D eigenvalue weighted by molar-refractivity contribution is 6.00. The molecule has 0 saturated heterocycles. The number of amides is 14. The highest BCUT2D eigenvalue weighted by atomic mass is 16.3. The Morgan fingerprint density at radius 2 is 0.770 bits per heavy atom. The van der Waals surface area contributed by atoms with Gasteiger partial charge in [0.05, 0.1) is 25.5 Å². The maximum Gasteiger partial charge on any atom is 0.245 e. The molecule has 1 heterocycles. The van der Waals surface area contributed by atoms with Gasteiger partial charge in [-0.25, -0.2) is 4.98 Å². The maximum absolute atomic E-state index is 15.1. The Morgan fingerprint density at radius 1 is 0.405 bits per heavy atom. The highest BCUT2D eigenvalue weighted by Gasteiger charge is 2.39. The van der Waals surface area contributed by atoms with Gasteiger partial charge in [-0.05, 0) is 107 Å². The van der Waals surface area contributed by atoms with Gasteiger partial charge in [0.15, 0.2) is 17.9 Å². The number of hydrogen-bond acceptors (Lipinski definition) is 21. The number of imidazole rings is 1. The number of H-pyrrole nitrogens is 1. The summed E-state index contributed by atoms with van der Waals surface area (Å²) in [5.74, 6) is -15.2. The van der Waals surface area contributed by atoms with Crippen LogP contribution in [0.2, 0.25) is 0 Å². The number of aliphatic hydroxyl groups is 2. The molecule has 13 unspecified atom stereocenters. The van der Waals surface area contributed by atoms with Gasteiger partial charge in [-0.15, -0.1) is 0 Å². The van der Waals surface area contributed by atoms with Gasteiger partial charge in [0.1, 0.15) is 78.3 Å². The number of aromatic amines is 1. The van der Waals surface area contributed by atoms with Crippen LogP contribution in [0.5, 0.6) is 5.75 Å². The molecule has 0 radical (unpaired) electrons. The smallest absolute Gasteiger partial charge is 0.245 e. The number of nitrogens with zero attached hydrogens (tertiary/aromatic N) is 1. The van der Waals surface area contributed by atoms with Crippen LogP contribution in [0.15, 0.2) is 67.1 Å². The van der Waals surface area contributed by atoms with E-state index in [1.54, 1.807) is 44.2 Å². The second-order valence-corrected chi connectivity index (χ2v) is 32.4. The van der Waals surface area contributed by atoms with Crippen LogP contribution in [-0.4, -0.2) is 231 Å². The molecule has 0 aliphatic carbocycles. The molecule has 14 amide bonds. The first-order chi connectivity index (χ1) is 59.8. The van der Waals surface area contributed by atoms with Crippen LogP contribution in [0, 0.1) is 28.1 Å². The fourth-order valence-electron chi connectivity index (χ4n) is 13.5. The van der Waals surface area contributed by atoms with E-state index in [9.17, 15) is 68.1 Å².